The average molecular weight is 332 g/mol. The molecule has 0 saturated carbocycles. The Morgan fingerprint density at radius 2 is 1.39 bits per heavy atom. The quantitative estimate of drug-likeness (QED) is 0.530. The van der Waals surface area contributed by atoms with Crippen molar-refractivity contribution in [2.24, 2.45) is 0 Å². The molecule has 23 heavy (non-hydrogen) atoms. The third kappa shape index (κ3) is 9.10. The van der Waals surface area contributed by atoms with E-state index in [0.717, 1.165) is 26.2 Å². The van der Waals surface area contributed by atoms with E-state index in [4.69, 9.17) is 18.9 Å². The Hall–Kier alpha value is -0.890. The number of carbonyl (C=O) groups excluding carboxylic acids is 1. The van der Waals surface area contributed by atoms with Crippen LogP contribution in [0, 0.1) is 0 Å². The van der Waals surface area contributed by atoms with Crippen molar-refractivity contribution in [3.05, 3.63) is 0 Å². The van der Waals surface area contributed by atoms with E-state index in [9.17, 15) is 4.79 Å². The lowest BCUT2D eigenvalue weighted by Crippen LogP contribution is -2.50. The van der Waals surface area contributed by atoms with Gasteiger partial charge in [-0.05, 0) is 20.8 Å². The number of carbonyl (C=O) groups is 1. The zero-order valence-corrected chi connectivity index (χ0v) is 14.8. The molecule has 0 aromatic rings. The number of ether oxygens (including phenoxy) is 4. The summed E-state index contributed by atoms with van der Waals surface area (Å²) in [7, 11) is 0. The van der Waals surface area contributed by atoms with E-state index in [-0.39, 0.29) is 12.7 Å². The van der Waals surface area contributed by atoms with Crippen LogP contribution in [-0.2, 0) is 18.9 Å². The number of hydrogen-bond acceptors (Lipinski definition) is 6. The van der Waals surface area contributed by atoms with Gasteiger partial charge in [0.25, 0.3) is 0 Å². The number of rotatable bonds is 11. The number of amides is 1. The monoisotopic (exact) mass is 332 g/mol. The summed E-state index contributed by atoms with van der Waals surface area (Å²) in [6.07, 6.45) is -0.245. The lowest BCUT2D eigenvalue weighted by atomic mass is 10.2. The fraction of sp³-hybridized carbons (Fsp3) is 0.938. The molecule has 0 N–H and O–H groups in total. The summed E-state index contributed by atoms with van der Waals surface area (Å²) in [5.41, 5.74) is 0. The molecule has 136 valence electrons. The van der Waals surface area contributed by atoms with Crippen molar-refractivity contribution in [2.45, 2.75) is 26.8 Å². The molecule has 7 heteroatoms. The zero-order valence-electron chi connectivity index (χ0n) is 14.8. The first kappa shape index (κ1) is 20.2. The molecular weight excluding hydrogens is 300 g/mol. The first-order chi connectivity index (χ1) is 11.1. The number of piperazine rings is 1. The fourth-order valence-electron chi connectivity index (χ4n) is 2.28. The normalized spacial score (nSPS) is 16.1. The minimum Gasteiger partial charge on any atom is -0.447 e. The Labute approximate surface area is 139 Å². The Morgan fingerprint density at radius 1 is 0.870 bits per heavy atom. The van der Waals surface area contributed by atoms with E-state index < -0.39 is 0 Å². The van der Waals surface area contributed by atoms with E-state index in [1.807, 2.05) is 6.92 Å². The van der Waals surface area contributed by atoms with Gasteiger partial charge < -0.3 is 23.8 Å². The Kier molecular flexibility index (Phi) is 11.0. The van der Waals surface area contributed by atoms with Crippen LogP contribution in [0.5, 0.6) is 0 Å². The van der Waals surface area contributed by atoms with Crippen LogP contribution in [0.4, 0.5) is 4.79 Å². The maximum atomic E-state index is 11.9. The van der Waals surface area contributed by atoms with Crippen LogP contribution in [0.3, 0.4) is 0 Å². The van der Waals surface area contributed by atoms with Gasteiger partial charge in [0, 0.05) is 38.8 Å². The van der Waals surface area contributed by atoms with Crippen molar-refractivity contribution >= 4 is 6.09 Å². The van der Waals surface area contributed by atoms with Crippen LogP contribution in [0.15, 0.2) is 0 Å². The second kappa shape index (κ2) is 12.5. The number of nitrogens with zero attached hydrogens (tertiary/aromatic N) is 2. The van der Waals surface area contributed by atoms with E-state index >= 15 is 0 Å². The standard InChI is InChI=1S/C16H32N2O5/c1-4-20-9-10-21-11-12-22-13-14-23-16(19)18-7-5-17(6-8-18)15(2)3/h15H,4-14H2,1-3H3. The van der Waals surface area contributed by atoms with Gasteiger partial charge in [0.15, 0.2) is 0 Å². The molecule has 0 aliphatic carbocycles. The zero-order chi connectivity index (χ0) is 16.9. The molecule has 0 aromatic heterocycles. The largest absolute Gasteiger partial charge is 0.447 e. The SMILES string of the molecule is CCOCCOCCOCCOC(=O)N1CCN(C(C)C)CC1. The third-order valence-electron chi connectivity index (χ3n) is 3.70. The smallest absolute Gasteiger partial charge is 0.409 e. The Bertz CT molecular complexity index is 307. The highest BCUT2D eigenvalue weighted by Gasteiger charge is 2.23. The summed E-state index contributed by atoms with van der Waals surface area (Å²) in [4.78, 5) is 16.0. The van der Waals surface area contributed by atoms with E-state index in [0.29, 0.717) is 45.7 Å². The van der Waals surface area contributed by atoms with Crippen LogP contribution < -0.4 is 0 Å². The second-order valence-electron chi connectivity index (χ2n) is 5.65. The van der Waals surface area contributed by atoms with Gasteiger partial charge in [0.1, 0.15) is 6.61 Å². The molecule has 1 aliphatic rings. The lowest BCUT2D eigenvalue weighted by molar-refractivity contribution is 0.00269. The van der Waals surface area contributed by atoms with Crippen LogP contribution in [-0.4, -0.2) is 94.4 Å². The van der Waals surface area contributed by atoms with Gasteiger partial charge in [0.2, 0.25) is 0 Å². The minimum absolute atomic E-state index is 0.245. The molecule has 0 unspecified atom stereocenters. The molecule has 1 fully saturated rings. The maximum Gasteiger partial charge on any atom is 0.409 e. The van der Waals surface area contributed by atoms with Gasteiger partial charge in [-0.15, -0.1) is 0 Å². The second-order valence-corrected chi connectivity index (χ2v) is 5.65. The third-order valence-corrected chi connectivity index (χ3v) is 3.70. The van der Waals surface area contributed by atoms with Crippen LogP contribution >= 0.6 is 0 Å². The molecule has 0 aromatic carbocycles. The van der Waals surface area contributed by atoms with E-state index in [1.165, 1.54) is 0 Å². The molecule has 1 aliphatic heterocycles. The summed E-state index contributed by atoms with van der Waals surface area (Å²) in [5.74, 6) is 0. The van der Waals surface area contributed by atoms with Gasteiger partial charge >= 0.3 is 6.09 Å². The molecule has 0 atom stereocenters. The summed E-state index contributed by atoms with van der Waals surface area (Å²) in [5, 5.41) is 0. The van der Waals surface area contributed by atoms with Crippen molar-refractivity contribution in [3.8, 4) is 0 Å². The van der Waals surface area contributed by atoms with Crippen molar-refractivity contribution < 1.29 is 23.7 Å². The highest BCUT2D eigenvalue weighted by Crippen LogP contribution is 2.06. The minimum atomic E-state index is -0.245. The van der Waals surface area contributed by atoms with Crippen molar-refractivity contribution in [3.63, 3.8) is 0 Å². The molecule has 0 bridgehead atoms. The fourth-order valence-corrected chi connectivity index (χ4v) is 2.28. The maximum absolute atomic E-state index is 11.9. The molecule has 0 radical (unpaired) electrons. The summed E-state index contributed by atoms with van der Waals surface area (Å²) in [6, 6.07) is 0.525. The van der Waals surface area contributed by atoms with Gasteiger partial charge in [-0.3, -0.25) is 4.90 Å². The van der Waals surface area contributed by atoms with Crippen molar-refractivity contribution in [1.29, 1.82) is 0 Å². The first-order valence-corrected chi connectivity index (χ1v) is 8.54. The number of hydrogen-bond donors (Lipinski definition) is 0. The van der Waals surface area contributed by atoms with E-state index in [1.54, 1.807) is 4.90 Å². The predicted molar refractivity (Wildman–Crippen MR) is 87.8 cm³/mol. The predicted octanol–water partition coefficient (Wildman–Crippen LogP) is 1.22. The van der Waals surface area contributed by atoms with Crippen LogP contribution in [0.25, 0.3) is 0 Å². The molecular formula is C16H32N2O5. The lowest BCUT2D eigenvalue weighted by Gasteiger charge is -2.36. The highest BCUT2D eigenvalue weighted by molar-refractivity contribution is 5.67. The molecule has 0 spiro atoms. The van der Waals surface area contributed by atoms with Gasteiger partial charge in [-0.1, -0.05) is 0 Å². The molecule has 1 saturated heterocycles. The summed E-state index contributed by atoms with van der Waals surface area (Å²) >= 11 is 0. The van der Waals surface area contributed by atoms with Gasteiger partial charge in [-0.2, -0.15) is 0 Å². The molecule has 7 nitrogen and oxygen atoms in total. The van der Waals surface area contributed by atoms with Crippen molar-refractivity contribution in [1.82, 2.24) is 9.80 Å². The Morgan fingerprint density at radius 3 is 1.91 bits per heavy atom. The van der Waals surface area contributed by atoms with Crippen molar-refractivity contribution in [2.75, 3.05) is 72.4 Å². The first-order valence-electron chi connectivity index (χ1n) is 8.54. The summed E-state index contributed by atoms with van der Waals surface area (Å²) in [6.45, 7) is 13.2. The topological polar surface area (TPSA) is 60.5 Å². The molecule has 1 rings (SSSR count). The van der Waals surface area contributed by atoms with Gasteiger partial charge in [0.05, 0.1) is 33.0 Å². The highest BCUT2D eigenvalue weighted by atomic mass is 16.6. The molecule has 1 amide bonds. The molecule has 1 heterocycles. The van der Waals surface area contributed by atoms with Crippen LogP contribution in [0.1, 0.15) is 20.8 Å². The van der Waals surface area contributed by atoms with Crippen LogP contribution in [0.2, 0.25) is 0 Å². The Balaban J connectivity index is 1.93. The van der Waals surface area contributed by atoms with Gasteiger partial charge in [-0.25, -0.2) is 4.79 Å². The average Bonchev–Trinajstić information content (AvgIpc) is 2.56. The van der Waals surface area contributed by atoms with E-state index in [2.05, 4.69) is 18.7 Å². The summed E-state index contributed by atoms with van der Waals surface area (Å²) < 4.78 is 21.0.